The van der Waals surface area contributed by atoms with E-state index >= 15 is 0 Å². The summed E-state index contributed by atoms with van der Waals surface area (Å²) in [6, 6.07) is 5.40. The molecule has 2 amide bonds. The van der Waals surface area contributed by atoms with Gasteiger partial charge in [-0.2, -0.15) is 0 Å². The number of anilines is 2. The van der Waals surface area contributed by atoms with Crippen molar-refractivity contribution in [1.29, 1.82) is 0 Å². The highest BCUT2D eigenvalue weighted by Crippen LogP contribution is 2.42. The van der Waals surface area contributed by atoms with Crippen LogP contribution in [0.5, 0.6) is 5.75 Å². The molecule has 1 aliphatic heterocycles. The summed E-state index contributed by atoms with van der Waals surface area (Å²) < 4.78 is 5.23. The van der Waals surface area contributed by atoms with E-state index in [1.54, 1.807) is 43.1 Å². The van der Waals surface area contributed by atoms with Crippen LogP contribution in [0.25, 0.3) is 0 Å². The largest absolute Gasteiger partial charge is 0.497 e. The first-order valence-electron chi connectivity index (χ1n) is 7.17. The number of fused-ring (bicyclic) bond motifs is 1. The average molecular weight is 290 g/mol. The van der Waals surface area contributed by atoms with Gasteiger partial charge in [0.15, 0.2) is 0 Å². The molecule has 1 aromatic rings. The van der Waals surface area contributed by atoms with Gasteiger partial charge in [-0.05, 0) is 25.0 Å². The molecule has 1 aromatic carbocycles. The number of rotatable bonds is 3. The minimum atomic E-state index is -0.990. The summed E-state index contributed by atoms with van der Waals surface area (Å²) in [6.07, 6.45) is 0.974. The van der Waals surface area contributed by atoms with Gasteiger partial charge < -0.3 is 14.5 Å². The molecule has 5 nitrogen and oxygen atoms in total. The summed E-state index contributed by atoms with van der Waals surface area (Å²) in [5.41, 5.74) is 0.426. The third kappa shape index (κ3) is 2.07. The summed E-state index contributed by atoms with van der Waals surface area (Å²) in [6.45, 7) is 3.77. The van der Waals surface area contributed by atoms with Crippen LogP contribution in [-0.4, -0.2) is 33.0 Å². The maximum atomic E-state index is 12.9. The lowest BCUT2D eigenvalue weighted by Crippen LogP contribution is -2.49. The number of benzene rings is 1. The molecule has 0 spiro atoms. The second-order valence-electron chi connectivity index (χ2n) is 5.37. The topological polar surface area (TPSA) is 49.9 Å². The van der Waals surface area contributed by atoms with Crippen molar-refractivity contribution in [3.63, 3.8) is 0 Å². The fraction of sp³-hybridized carbons (Fsp3) is 0.500. The van der Waals surface area contributed by atoms with Crippen LogP contribution in [0.4, 0.5) is 11.4 Å². The summed E-state index contributed by atoms with van der Waals surface area (Å²) in [5, 5.41) is 0. The van der Waals surface area contributed by atoms with Crippen molar-refractivity contribution in [3.05, 3.63) is 18.2 Å². The lowest BCUT2D eigenvalue weighted by atomic mass is 9.79. The maximum absolute atomic E-state index is 12.9. The highest BCUT2D eigenvalue weighted by molar-refractivity contribution is 6.20. The number of hydrogen-bond donors (Lipinski definition) is 0. The first kappa shape index (κ1) is 15.4. The fourth-order valence-electron chi connectivity index (χ4n) is 2.99. The lowest BCUT2D eigenvalue weighted by molar-refractivity contribution is -0.140. The second-order valence-corrected chi connectivity index (χ2v) is 5.37. The molecule has 0 atom stereocenters. The monoisotopic (exact) mass is 290 g/mol. The summed E-state index contributed by atoms with van der Waals surface area (Å²) >= 11 is 0. The minimum Gasteiger partial charge on any atom is -0.497 e. The van der Waals surface area contributed by atoms with Gasteiger partial charge in [-0.15, -0.1) is 0 Å². The Morgan fingerprint density at radius 2 is 1.52 bits per heavy atom. The van der Waals surface area contributed by atoms with Crippen LogP contribution in [0.1, 0.15) is 26.7 Å². The van der Waals surface area contributed by atoms with Crippen molar-refractivity contribution in [2.24, 2.45) is 5.41 Å². The highest BCUT2D eigenvalue weighted by Gasteiger charge is 2.49. The molecule has 0 unspecified atom stereocenters. The molecular weight excluding hydrogens is 268 g/mol. The van der Waals surface area contributed by atoms with E-state index in [0.29, 0.717) is 24.3 Å². The number of methoxy groups -OCH3 is 1. The van der Waals surface area contributed by atoms with Crippen LogP contribution in [0.2, 0.25) is 0 Å². The third-order valence-electron chi connectivity index (χ3n) is 4.54. The van der Waals surface area contributed by atoms with Crippen LogP contribution >= 0.6 is 0 Å². The Morgan fingerprint density at radius 1 is 1.00 bits per heavy atom. The van der Waals surface area contributed by atoms with Gasteiger partial charge in [0.25, 0.3) is 0 Å². The average Bonchev–Trinajstić information content (AvgIpc) is 2.58. The van der Waals surface area contributed by atoms with Gasteiger partial charge in [0, 0.05) is 20.2 Å². The van der Waals surface area contributed by atoms with Crippen molar-refractivity contribution in [2.45, 2.75) is 26.7 Å². The zero-order valence-electron chi connectivity index (χ0n) is 13.3. The molecular formula is C16H22N2O3. The normalized spacial score (nSPS) is 17.6. The van der Waals surface area contributed by atoms with Crippen molar-refractivity contribution in [1.82, 2.24) is 0 Å². The predicted molar refractivity (Wildman–Crippen MR) is 82.8 cm³/mol. The smallest absolute Gasteiger partial charge is 0.242 e. The molecule has 21 heavy (non-hydrogen) atoms. The first-order valence-corrected chi connectivity index (χ1v) is 7.17. The Hall–Kier alpha value is -2.04. The van der Waals surface area contributed by atoms with Crippen LogP contribution < -0.4 is 14.5 Å². The molecule has 0 aromatic heterocycles. The summed E-state index contributed by atoms with van der Waals surface area (Å²) in [7, 11) is 5.02. The maximum Gasteiger partial charge on any atom is 0.242 e. The van der Waals surface area contributed by atoms with E-state index in [1.807, 2.05) is 19.9 Å². The molecule has 0 N–H and O–H groups in total. The Bertz CT molecular complexity index is 579. The van der Waals surface area contributed by atoms with Gasteiger partial charge in [-0.3, -0.25) is 9.59 Å². The van der Waals surface area contributed by atoms with Crippen LogP contribution in [0, 0.1) is 5.41 Å². The SMILES string of the molecule is CCC1(CC)C(=O)N(C)c2ccc(OC)cc2N(C)C1=O. The van der Waals surface area contributed by atoms with Crippen LogP contribution in [0.3, 0.4) is 0 Å². The molecule has 1 aliphatic rings. The molecule has 0 saturated heterocycles. The molecule has 5 heteroatoms. The van der Waals surface area contributed by atoms with Gasteiger partial charge in [-0.25, -0.2) is 0 Å². The summed E-state index contributed by atoms with van der Waals surface area (Å²) in [5.74, 6) is 0.361. The molecule has 0 bridgehead atoms. The number of ether oxygens (including phenoxy) is 1. The van der Waals surface area contributed by atoms with Gasteiger partial charge in [0.2, 0.25) is 11.8 Å². The van der Waals surface area contributed by atoms with Gasteiger partial charge in [-0.1, -0.05) is 13.8 Å². The van der Waals surface area contributed by atoms with Crippen molar-refractivity contribution in [3.8, 4) is 5.75 Å². The minimum absolute atomic E-state index is 0.145. The van der Waals surface area contributed by atoms with E-state index < -0.39 is 5.41 Å². The Labute approximate surface area is 125 Å². The van der Waals surface area contributed by atoms with Gasteiger partial charge in [0.05, 0.1) is 18.5 Å². The lowest BCUT2D eigenvalue weighted by Gasteiger charge is -2.31. The van der Waals surface area contributed by atoms with E-state index in [-0.39, 0.29) is 11.8 Å². The molecule has 0 radical (unpaired) electrons. The third-order valence-corrected chi connectivity index (χ3v) is 4.54. The first-order chi connectivity index (χ1) is 9.92. The molecule has 0 saturated carbocycles. The van der Waals surface area contributed by atoms with E-state index in [0.717, 1.165) is 5.69 Å². The van der Waals surface area contributed by atoms with E-state index in [1.165, 1.54) is 0 Å². The molecule has 0 fully saturated rings. The van der Waals surface area contributed by atoms with Gasteiger partial charge in [0.1, 0.15) is 11.2 Å². The molecule has 114 valence electrons. The van der Waals surface area contributed by atoms with E-state index in [2.05, 4.69) is 0 Å². The number of carbonyl (C=O) groups is 2. The predicted octanol–water partition coefficient (Wildman–Crippen LogP) is 2.44. The number of amides is 2. The Balaban J connectivity index is 2.67. The van der Waals surface area contributed by atoms with Crippen LogP contribution in [-0.2, 0) is 9.59 Å². The quantitative estimate of drug-likeness (QED) is 0.803. The zero-order chi connectivity index (χ0) is 15.8. The molecule has 2 rings (SSSR count). The zero-order valence-corrected chi connectivity index (χ0v) is 13.3. The van der Waals surface area contributed by atoms with Gasteiger partial charge >= 0.3 is 0 Å². The van der Waals surface area contributed by atoms with E-state index in [4.69, 9.17) is 4.74 Å². The molecule has 0 aliphatic carbocycles. The molecule has 1 heterocycles. The number of nitrogens with zero attached hydrogens (tertiary/aromatic N) is 2. The standard InChI is InChI=1S/C16H22N2O3/c1-6-16(7-2)14(19)17(3)12-9-8-11(21-5)10-13(12)18(4)15(16)20/h8-10H,6-7H2,1-5H3. The fourth-order valence-corrected chi connectivity index (χ4v) is 2.99. The number of carbonyl (C=O) groups excluding carboxylic acids is 2. The van der Waals surface area contributed by atoms with Crippen molar-refractivity contribution in [2.75, 3.05) is 31.0 Å². The number of hydrogen-bond acceptors (Lipinski definition) is 3. The van der Waals surface area contributed by atoms with Crippen molar-refractivity contribution >= 4 is 23.2 Å². The van der Waals surface area contributed by atoms with Crippen LogP contribution in [0.15, 0.2) is 18.2 Å². The van der Waals surface area contributed by atoms with Crippen molar-refractivity contribution < 1.29 is 14.3 Å². The summed E-state index contributed by atoms with van der Waals surface area (Å²) in [4.78, 5) is 28.9. The second kappa shape index (κ2) is 5.39. The Morgan fingerprint density at radius 3 is 2.00 bits per heavy atom. The van der Waals surface area contributed by atoms with E-state index in [9.17, 15) is 9.59 Å². The highest BCUT2D eigenvalue weighted by atomic mass is 16.5. The Kier molecular flexibility index (Phi) is 3.94.